The van der Waals surface area contributed by atoms with Gasteiger partial charge in [-0.15, -0.1) is 4.91 Å². The molecule has 2 amide bonds. The Hall–Kier alpha value is -3.29. The van der Waals surface area contributed by atoms with E-state index in [1.807, 2.05) is 0 Å². The molecule has 0 N–H and O–H groups in total. The maximum atomic E-state index is 12.7. The predicted molar refractivity (Wildman–Crippen MR) is 89.5 cm³/mol. The van der Waals surface area contributed by atoms with Crippen molar-refractivity contribution in [2.24, 2.45) is 5.29 Å². The van der Waals surface area contributed by atoms with Crippen molar-refractivity contribution >= 4 is 17.5 Å². The molecule has 1 fully saturated rings. The molecular weight excluding hydrogens is 324 g/mol. The number of rotatable bonds is 6. The van der Waals surface area contributed by atoms with Gasteiger partial charge >= 0.3 is 0 Å². The molecule has 2 aromatic rings. The van der Waals surface area contributed by atoms with Crippen molar-refractivity contribution < 1.29 is 14.3 Å². The van der Waals surface area contributed by atoms with Crippen LogP contribution in [0, 0.1) is 4.91 Å². The highest BCUT2D eigenvalue weighted by molar-refractivity contribution is 6.22. The maximum Gasteiger partial charge on any atom is 0.258 e. The molecule has 0 spiro atoms. The third kappa shape index (κ3) is 3.32. The first-order chi connectivity index (χ1) is 12.1. The molecule has 25 heavy (non-hydrogen) atoms. The van der Waals surface area contributed by atoms with Crippen LogP contribution in [0.2, 0.25) is 0 Å². The number of carbonyl (C=O) groups excluding carboxylic acids is 2. The van der Waals surface area contributed by atoms with Gasteiger partial charge in [-0.25, -0.2) is 9.91 Å². The van der Waals surface area contributed by atoms with Crippen LogP contribution >= 0.6 is 0 Å². The van der Waals surface area contributed by atoms with Crippen molar-refractivity contribution in [1.29, 1.82) is 0 Å². The Labute approximate surface area is 144 Å². The van der Waals surface area contributed by atoms with Gasteiger partial charge in [-0.3, -0.25) is 14.6 Å². The number of pyridine rings is 1. The fourth-order valence-corrected chi connectivity index (χ4v) is 2.72. The van der Waals surface area contributed by atoms with Gasteiger partial charge in [-0.1, -0.05) is 0 Å². The van der Waals surface area contributed by atoms with E-state index in [2.05, 4.69) is 10.3 Å². The number of nitrogens with zero attached hydrogens (tertiary/aromatic N) is 4. The average Bonchev–Trinajstić information content (AvgIpc) is 2.95. The standard InChI is InChI=1S/C17H16N4O4/c1-25-14-4-2-13(3-5-14)21-16(22)10-15(17(21)23)20(19-24)11-12-6-8-18-9-7-12/h2-9,15H,10-11H2,1H3. The lowest BCUT2D eigenvalue weighted by molar-refractivity contribution is -0.123. The highest BCUT2D eigenvalue weighted by Crippen LogP contribution is 2.28. The van der Waals surface area contributed by atoms with Gasteiger partial charge in [0.25, 0.3) is 5.91 Å². The van der Waals surface area contributed by atoms with Crippen LogP contribution in [0.25, 0.3) is 0 Å². The fraction of sp³-hybridized carbons (Fsp3) is 0.235. The molecule has 1 atom stereocenters. The summed E-state index contributed by atoms with van der Waals surface area (Å²) >= 11 is 0. The van der Waals surface area contributed by atoms with Crippen LogP contribution in [0.5, 0.6) is 5.75 Å². The van der Waals surface area contributed by atoms with Crippen molar-refractivity contribution in [2.45, 2.75) is 19.0 Å². The lowest BCUT2D eigenvalue weighted by atomic mass is 10.2. The normalized spacial score (nSPS) is 16.8. The molecule has 1 aromatic heterocycles. The number of ether oxygens (including phenoxy) is 1. The van der Waals surface area contributed by atoms with Crippen molar-refractivity contribution in [2.75, 3.05) is 12.0 Å². The Morgan fingerprint density at radius 2 is 1.88 bits per heavy atom. The van der Waals surface area contributed by atoms with Gasteiger partial charge in [0.1, 0.15) is 11.8 Å². The van der Waals surface area contributed by atoms with Crippen LogP contribution in [0.3, 0.4) is 0 Å². The average molecular weight is 340 g/mol. The van der Waals surface area contributed by atoms with E-state index in [0.29, 0.717) is 11.4 Å². The first kappa shape index (κ1) is 16.6. The summed E-state index contributed by atoms with van der Waals surface area (Å²) < 4.78 is 5.07. The zero-order valence-corrected chi connectivity index (χ0v) is 13.5. The summed E-state index contributed by atoms with van der Waals surface area (Å²) in [5, 5.41) is 4.05. The van der Waals surface area contributed by atoms with Crippen molar-refractivity contribution in [1.82, 2.24) is 9.99 Å². The molecule has 8 nitrogen and oxygen atoms in total. The number of carbonyl (C=O) groups is 2. The number of anilines is 1. The molecule has 0 bridgehead atoms. The molecule has 1 unspecified atom stereocenters. The highest BCUT2D eigenvalue weighted by Gasteiger charge is 2.43. The first-order valence-corrected chi connectivity index (χ1v) is 7.63. The summed E-state index contributed by atoms with van der Waals surface area (Å²) in [4.78, 5) is 41.2. The molecular formula is C17H16N4O4. The van der Waals surface area contributed by atoms with Gasteiger partial charge in [0.05, 0.1) is 31.0 Å². The molecule has 0 radical (unpaired) electrons. The monoisotopic (exact) mass is 340 g/mol. The van der Waals surface area contributed by atoms with E-state index in [1.165, 1.54) is 7.11 Å². The zero-order chi connectivity index (χ0) is 17.8. The number of amides is 2. The van der Waals surface area contributed by atoms with E-state index in [4.69, 9.17) is 4.74 Å². The summed E-state index contributed by atoms with van der Waals surface area (Å²) in [6.07, 6.45) is 3.08. The summed E-state index contributed by atoms with van der Waals surface area (Å²) in [6, 6.07) is 9.10. The topological polar surface area (TPSA) is 92.2 Å². The second-order valence-electron chi connectivity index (χ2n) is 5.52. The Kier molecular flexibility index (Phi) is 4.69. The van der Waals surface area contributed by atoms with E-state index >= 15 is 0 Å². The third-order valence-corrected chi connectivity index (χ3v) is 4.01. The largest absolute Gasteiger partial charge is 0.497 e. The number of imide groups is 1. The summed E-state index contributed by atoms with van der Waals surface area (Å²) in [7, 11) is 1.53. The Bertz CT molecular complexity index is 779. The smallest absolute Gasteiger partial charge is 0.258 e. The summed E-state index contributed by atoms with van der Waals surface area (Å²) in [6.45, 7) is 0.131. The number of hydrogen-bond acceptors (Lipinski definition) is 6. The second-order valence-corrected chi connectivity index (χ2v) is 5.52. The Morgan fingerprint density at radius 1 is 1.20 bits per heavy atom. The molecule has 1 aliphatic rings. The molecule has 0 saturated carbocycles. The van der Waals surface area contributed by atoms with Gasteiger partial charge in [0, 0.05) is 12.4 Å². The minimum atomic E-state index is -0.916. The van der Waals surface area contributed by atoms with Gasteiger partial charge in [-0.05, 0) is 42.0 Å². The first-order valence-electron chi connectivity index (χ1n) is 7.63. The van der Waals surface area contributed by atoms with Crippen LogP contribution in [0.4, 0.5) is 5.69 Å². The predicted octanol–water partition coefficient (Wildman–Crippen LogP) is 1.91. The molecule has 128 valence electrons. The molecule has 2 heterocycles. The number of hydrogen-bond donors (Lipinski definition) is 0. The lowest BCUT2D eigenvalue weighted by Crippen LogP contribution is -2.39. The van der Waals surface area contributed by atoms with Crippen LogP contribution < -0.4 is 9.64 Å². The Balaban J connectivity index is 1.80. The summed E-state index contributed by atoms with van der Waals surface area (Å²) in [5.41, 5.74) is 1.21. The zero-order valence-electron chi connectivity index (χ0n) is 13.5. The molecule has 3 rings (SSSR count). The van der Waals surface area contributed by atoms with Gasteiger partial charge in [0.2, 0.25) is 5.91 Å². The van der Waals surface area contributed by atoms with Crippen LogP contribution in [0.15, 0.2) is 54.1 Å². The van der Waals surface area contributed by atoms with E-state index in [1.54, 1.807) is 48.8 Å². The summed E-state index contributed by atoms with van der Waals surface area (Å²) in [5.74, 6) is -0.222. The molecule has 0 aliphatic carbocycles. The third-order valence-electron chi connectivity index (χ3n) is 4.01. The molecule has 1 aliphatic heterocycles. The molecule has 1 aromatic carbocycles. The Morgan fingerprint density at radius 3 is 2.48 bits per heavy atom. The van der Waals surface area contributed by atoms with Crippen LogP contribution in [-0.2, 0) is 16.1 Å². The second kappa shape index (κ2) is 7.08. The van der Waals surface area contributed by atoms with Crippen molar-refractivity contribution in [3.63, 3.8) is 0 Å². The maximum absolute atomic E-state index is 12.7. The highest BCUT2D eigenvalue weighted by atomic mass is 16.5. The van der Waals surface area contributed by atoms with E-state index in [0.717, 1.165) is 15.5 Å². The van der Waals surface area contributed by atoms with Crippen molar-refractivity contribution in [3.8, 4) is 5.75 Å². The number of nitroso groups, excluding NO2 is 1. The van der Waals surface area contributed by atoms with Crippen molar-refractivity contribution in [3.05, 3.63) is 59.3 Å². The van der Waals surface area contributed by atoms with Crippen LogP contribution in [0.1, 0.15) is 12.0 Å². The van der Waals surface area contributed by atoms with E-state index in [9.17, 15) is 14.5 Å². The number of benzene rings is 1. The van der Waals surface area contributed by atoms with Crippen LogP contribution in [-0.4, -0.2) is 35.0 Å². The lowest BCUT2D eigenvalue weighted by Gasteiger charge is -2.21. The van der Waals surface area contributed by atoms with Gasteiger partial charge in [0.15, 0.2) is 0 Å². The minimum Gasteiger partial charge on any atom is -0.497 e. The molecule has 8 heteroatoms. The SMILES string of the molecule is COc1ccc(N2C(=O)CC(N(Cc3ccncc3)N=O)C2=O)cc1. The van der Waals surface area contributed by atoms with E-state index < -0.39 is 11.9 Å². The number of methoxy groups -OCH3 is 1. The number of aromatic nitrogens is 1. The van der Waals surface area contributed by atoms with E-state index in [-0.39, 0.29) is 18.9 Å². The fourth-order valence-electron chi connectivity index (χ4n) is 2.72. The van der Waals surface area contributed by atoms with Gasteiger partial charge in [-0.2, -0.15) is 0 Å². The van der Waals surface area contributed by atoms with Gasteiger partial charge < -0.3 is 4.74 Å². The minimum absolute atomic E-state index is 0.0955. The molecule has 1 saturated heterocycles. The quantitative estimate of drug-likeness (QED) is 0.453.